The van der Waals surface area contributed by atoms with Gasteiger partial charge in [-0.15, -0.1) is 0 Å². The minimum atomic E-state index is -3.24. The number of anilines is 2. The first kappa shape index (κ1) is 22.8. The van der Waals surface area contributed by atoms with Crippen LogP contribution in [0.4, 0.5) is 15.9 Å². The standard InChI is InChI=1S/C23H27FN6O3S/c1-21(2)20(25)30-22(3,23(8-9-23)34(21,31)32)14-11-13(5-6-15(14)24)28-19-18-16(7-10-26-19)29-17(33-4)12-27-18/h5-7,10-12,31-32H,8-9H2,1-4H3,(H2,25,30)(H,26,28)/t22-/m1/s1. The fourth-order valence-corrected chi connectivity index (χ4v) is 7.51. The molecule has 5 rings (SSSR count). The zero-order valence-electron chi connectivity index (χ0n) is 19.3. The quantitative estimate of drug-likeness (QED) is 0.421. The molecule has 1 saturated carbocycles. The average molecular weight is 487 g/mol. The molecule has 5 N–H and O–H groups in total. The summed E-state index contributed by atoms with van der Waals surface area (Å²) in [5, 5.41) is 3.19. The number of aromatic nitrogens is 3. The molecule has 11 heteroatoms. The molecule has 34 heavy (non-hydrogen) atoms. The maximum atomic E-state index is 15.3. The maximum Gasteiger partial charge on any atom is 0.232 e. The third kappa shape index (κ3) is 2.93. The predicted octanol–water partition coefficient (Wildman–Crippen LogP) is 4.56. The van der Waals surface area contributed by atoms with Gasteiger partial charge in [-0.3, -0.25) is 14.1 Å². The number of rotatable bonds is 4. The normalized spacial score (nSPS) is 25.0. The highest BCUT2D eigenvalue weighted by atomic mass is 32.3. The molecule has 0 unspecified atom stereocenters. The molecule has 0 amide bonds. The monoisotopic (exact) mass is 486 g/mol. The zero-order valence-corrected chi connectivity index (χ0v) is 20.1. The summed E-state index contributed by atoms with van der Waals surface area (Å²) in [6.45, 7) is 5.08. The maximum absolute atomic E-state index is 15.3. The van der Waals surface area contributed by atoms with Crippen LogP contribution in [0.2, 0.25) is 0 Å². The van der Waals surface area contributed by atoms with Crippen molar-refractivity contribution in [2.45, 2.75) is 48.6 Å². The molecule has 1 atom stereocenters. The minimum Gasteiger partial charge on any atom is -0.480 e. The van der Waals surface area contributed by atoms with E-state index in [1.54, 1.807) is 45.2 Å². The number of methoxy groups -OCH3 is 1. The summed E-state index contributed by atoms with van der Waals surface area (Å²) < 4.78 is 41.0. The fourth-order valence-electron chi connectivity index (χ4n) is 4.81. The molecule has 0 bridgehead atoms. The molecular formula is C23H27FN6O3S. The smallest absolute Gasteiger partial charge is 0.232 e. The highest BCUT2D eigenvalue weighted by molar-refractivity contribution is 8.27. The summed E-state index contributed by atoms with van der Waals surface area (Å²) in [7, 11) is -1.73. The van der Waals surface area contributed by atoms with Crippen molar-refractivity contribution in [1.82, 2.24) is 15.0 Å². The Hall–Kier alpha value is -3.02. The molecule has 3 aromatic rings. The van der Waals surface area contributed by atoms with Crippen molar-refractivity contribution < 1.29 is 18.2 Å². The van der Waals surface area contributed by atoms with E-state index in [2.05, 4.69) is 20.3 Å². The van der Waals surface area contributed by atoms with Crippen molar-refractivity contribution in [3.8, 4) is 5.88 Å². The van der Waals surface area contributed by atoms with Crippen LogP contribution in [0, 0.1) is 5.82 Å². The lowest BCUT2D eigenvalue weighted by Gasteiger charge is -2.60. The molecule has 1 fully saturated rings. The van der Waals surface area contributed by atoms with E-state index >= 15 is 4.39 Å². The lowest BCUT2D eigenvalue weighted by Crippen LogP contribution is -2.58. The third-order valence-electron chi connectivity index (χ3n) is 7.21. The number of amidine groups is 1. The number of halogens is 1. The Balaban J connectivity index is 1.60. The molecule has 1 aliphatic carbocycles. The van der Waals surface area contributed by atoms with Gasteiger partial charge in [-0.25, -0.2) is 19.3 Å². The van der Waals surface area contributed by atoms with E-state index in [0.29, 0.717) is 41.3 Å². The summed E-state index contributed by atoms with van der Waals surface area (Å²) in [6, 6.07) is 6.25. The molecular weight excluding hydrogens is 459 g/mol. The number of ether oxygens (including phenoxy) is 1. The van der Waals surface area contributed by atoms with Crippen molar-refractivity contribution in [3.05, 3.63) is 48.0 Å². The number of fused-ring (bicyclic) bond motifs is 1. The van der Waals surface area contributed by atoms with E-state index in [1.807, 2.05) is 0 Å². The van der Waals surface area contributed by atoms with Gasteiger partial charge >= 0.3 is 0 Å². The Morgan fingerprint density at radius 3 is 2.56 bits per heavy atom. The Kier molecular flexibility index (Phi) is 4.84. The molecule has 0 saturated heterocycles. The van der Waals surface area contributed by atoms with Gasteiger partial charge in [0.15, 0.2) is 5.82 Å². The van der Waals surface area contributed by atoms with E-state index in [1.165, 1.54) is 19.4 Å². The van der Waals surface area contributed by atoms with Crippen LogP contribution in [0.1, 0.15) is 39.2 Å². The SMILES string of the molecule is COc1cnc2c(Nc3ccc(F)c([C@@]4(C)N=C(N)C(C)(C)S(O)(O)C45CC5)c3)nccc2n1. The lowest BCUT2D eigenvalue weighted by molar-refractivity contribution is 0.352. The van der Waals surface area contributed by atoms with Crippen LogP contribution in [0.25, 0.3) is 11.0 Å². The van der Waals surface area contributed by atoms with Crippen molar-refractivity contribution in [1.29, 1.82) is 0 Å². The molecule has 180 valence electrons. The molecule has 2 aromatic heterocycles. The van der Waals surface area contributed by atoms with E-state index in [-0.39, 0.29) is 11.4 Å². The van der Waals surface area contributed by atoms with Gasteiger partial charge in [-0.1, -0.05) is 0 Å². The van der Waals surface area contributed by atoms with E-state index in [4.69, 9.17) is 15.5 Å². The van der Waals surface area contributed by atoms with E-state index in [0.717, 1.165) is 0 Å². The van der Waals surface area contributed by atoms with Gasteiger partial charge in [0.05, 0.1) is 23.6 Å². The van der Waals surface area contributed by atoms with Crippen LogP contribution in [0.5, 0.6) is 5.88 Å². The van der Waals surface area contributed by atoms with Crippen molar-refractivity contribution >= 4 is 39.0 Å². The number of aliphatic imine (C=N–C) groups is 1. The topological polar surface area (TPSA) is 139 Å². The van der Waals surface area contributed by atoms with Gasteiger partial charge in [-0.05, 0) is 57.9 Å². The lowest BCUT2D eigenvalue weighted by atomic mass is 9.85. The highest BCUT2D eigenvalue weighted by Gasteiger charge is 2.72. The first-order valence-electron chi connectivity index (χ1n) is 10.8. The summed E-state index contributed by atoms with van der Waals surface area (Å²) >= 11 is 0. The van der Waals surface area contributed by atoms with Crippen LogP contribution in [-0.2, 0) is 5.54 Å². The van der Waals surface area contributed by atoms with Crippen molar-refractivity contribution in [3.63, 3.8) is 0 Å². The number of nitrogens with one attached hydrogen (secondary N) is 1. The van der Waals surface area contributed by atoms with Crippen LogP contribution >= 0.6 is 10.6 Å². The molecule has 0 radical (unpaired) electrons. The number of benzene rings is 1. The molecule has 9 nitrogen and oxygen atoms in total. The number of hydrogen-bond acceptors (Lipinski definition) is 9. The first-order valence-corrected chi connectivity index (χ1v) is 12.4. The summed E-state index contributed by atoms with van der Waals surface area (Å²) in [5.41, 5.74) is 6.87. The number of pyridine rings is 1. The predicted molar refractivity (Wildman–Crippen MR) is 131 cm³/mol. The zero-order chi connectivity index (χ0) is 24.5. The summed E-state index contributed by atoms with van der Waals surface area (Å²) in [5.74, 6) is 0.422. The van der Waals surface area contributed by atoms with Gasteiger partial charge in [0, 0.05) is 17.4 Å². The van der Waals surface area contributed by atoms with Gasteiger partial charge < -0.3 is 15.8 Å². The van der Waals surface area contributed by atoms with Gasteiger partial charge in [0.25, 0.3) is 0 Å². The largest absolute Gasteiger partial charge is 0.480 e. The first-order chi connectivity index (χ1) is 16.0. The second-order valence-corrected chi connectivity index (χ2v) is 12.3. The van der Waals surface area contributed by atoms with Crippen LogP contribution in [0.3, 0.4) is 0 Å². The number of nitrogens with two attached hydrogens (primary N) is 1. The Bertz CT molecular complexity index is 1340. The van der Waals surface area contributed by atoms with Gasteiger partial charge in [-0.2, -0.15) is 10.6 Å². The average Bonchev–Trinajstić information content (AvgIpc) is 3.62. The summed E-state index contributed by atoms with van der Waals surface area (Å²) in [4.78, 5) is 17.8. The minimum absolute atomic E-state index is 0.102. The van der Waals surface area contributed by atoms with E-state index < -0.39 is 31.4 Å². The number of nitrogens with zero attached hydrogens (tertiary/aromatic N) is 4. The molecule has 3 heterocycles. The van der Waals surface area contributed by atoms with Crippen LogP contribution < -0.4 is 15.8 Å². The van der Waals surface area contributed by atoms with Gasteiger partial charge in [0.1, 0.15) is 27.5 Å². The molecule has 1 spiro atoms. The second kappa shape index (κ2) is 7.24. The molecule has 1 aromatic carbocycles. The Morgan fingerprint density at radius 2 is 1.88 bits per heavy atom. The fraction of sp³-hybridized carbons (Fsp3) is 0.391. The third-order valence-corrected chi connectivity index (χ3v) is 10.7. The number of hydrogen-bond donors (Lipinski definition) is 4. The Morgan fingerprint density at radius 1 is 1.15 bits per heavy atom. The van der Waals surface area contributed by atoms with Crippen molar-refractivity contribution in [2.24, 2.45) is 10.7 Å². The Labute approximate surface area is 198 Å². The summed E-state index contributed by atoms with van der Waals surface area (Å²) in [6.07, 6.45) is 4.12. The highest BCUT2D eigenvalue weighted by Crippen LogP contribution is 2.79. The van der Waals surface area contributed by atoms with Crippen LogP contribution in [0.15, 0.2) is 41.7 Å². The molecule has 2 aliphatic rings. The van der Waals surface area contributed by atoms with E-state index in [9.17, 15) is 9.11 Å². The second-order valence-electron chi connectivity index (χ2n) is 9.38. The van der Waals surface area contributed by atoms with Crippen molar-refractivity contribution in [2.75, 3.05) is 12.4 Å². The van der Waals surface area contributed by atoms with Gasteiger partial charge in [0.2, 0.25) is 5.88 Å². The van der Waals surface area contributed by atoms with Crippen LogP contribution in [-0.4, -0.2) is 46.5 Å². The molecule has 1 aliphatic heterocycles.